The lowest BCUT2D eigenvalue weighted by molar-refractivity contribution is -0.122. The Balaban J connectivity index is 1.81. The normalized spacial score (nSPS) is 15.3. The van der Waals surface area contributed by atoms with E-state index in [2.05, 4.69) is 9.97 Å². The van der Waals surface area contributed by atoms with Crippen LogP contribution in [0.4, 0.5) is 11.8 Å². The number of piperidine rings is 1. The van der Waals surface area contributed by atoms with Crippen LogP contribution in [-0.4, -0.2) is 29.0 Å². The number of amides is 1. The molecule has 7 nitrogen and oxygen atoms in total. The second-order valence-electron chi connectivity index (χ2n) is 5.64. The minimum atomic E-state index is -0.255. The molecule has 0 unspecified atom stereocenters. The van der Waals surface area contributed by atoms with Crippen LogP contribution in [0.15, 0.2) is 30.5 Å². The van der Waals surface area contributed by atoms with E-state index in [1.54, 1.807) is 30.5 Å². The molecule has 24 heavy (non-hydrogen) atoms. The third-order valence-electron chi connectivity index (χ3n) is 3.99. The summed E-state index contributed by atoms with van der Waals surface area (Å²) in [6.45, 7) is 1.31. The van der Waals surface area contributed by atoms with Crippen molar-refractivity contribution >= 4 is 29.3 Å². The molecule has 1 aromatic heterocycles. The first-order valence-corrected chi connectivity index (χ1v) is 8.01. The van der Waals surface area contributed by atoms with E-state index in [9.17, 15) is 4.79 Å². The topological polar surface area (TPSA) is 107 Å². The lowest BCUT2D eigenvalue weighted by atomic mass is 9.96. The predicted molar refractivity (Wildman–Crippen MR) is 92.1 cm³/mol. The number of ether oxygens (including phenoxy) is 1. The van der Waals surface area contributed by atoms with Crippen molar-refractivity contribution in [3.05, 3.63) is 35.5 Å². The van der Waals surface area contributed by atoms with E-state index in [1.165, 1.54) is 0 Å². The van der Waals surface area contributed by atoms with Crippen molar-refractivity contribution in [3.8, 4) is 11.5 Å². The summed E-state index contributed by atoms with van der Waals surface area (Å²) in [7, 11) is 0. The van der Waals surface area contributed by atoms with Gasteiger partial charge in [0.05, 0.1) is 6.20 Å². The molecule has 2 heterocycles. The van der Waals surface area contributed by atoms with Gasteiger partial charge in [-0.05, 0) is 37.1 Å². The number of nitrogen functional groups attached to an aromatic ring is 1. The Labute approximate surface area is 144 Å². The van der Waals surface area contributed by atoms with E-state index in [0.29, 0.717) is 48.3 Å². The van der Waals surface area contributed by atoms with Gasteiger partial charge in [-0.25, -0.2) is 4.98 Å². The second-order valence-corrected chi connectivity index (χ2v) is 6.07. The molecule has 0 aliphatic carbocycles. The van der Waals surface area contributed by atoms with Gasteiger partial charge in [0.1, 0.15) is 5.75 Å². The second kappa shape index (κ2) is 6.92. The average Bonchev–Trinajstić information content (AvgIpc) is 2.58. The molecule has 1 fully saturated rings. The third-order valence-corrected chi connectivity index (χ3v) is 4.25. The molecule has 4 N–H and O–H groups in total. The molecule has 1 aliphatic rings. The zero-order chi connectivity index (χ0) is 17.1. The zero-order valence-corrected chi connectivity index (χ0v) is 13.7. The number of halogens is 1. The molecule has 126 valence electrons. The van der Waals surface area contributed by atoms with Crippen LogP contribution in [0, 0.1) is 5.92 Å². The van der Waals surface area contributed by atoms with E-state index in [1.807, 2.05) is 4.90 Å². The highest BCUT2D eigenvalue weighted by molar-refractivity contribution is 6.30. The Bertz CT molecular complexity index is 730. The van der Waals surface area contributed by atoms with Crippen LogP contribution in [0.25, 0.3) is 0 Å². The molecule has 1 saturated heterocycles. The number of hydrogen-bond donors (Lipinski definition) is 2. The predicted octanol–water partition coefficient (Wildman–Crippen LogP) is 2.21. The summed E-state index contributed by atoms with van der Waals surface area (Å²) in [6, 6.07) is 7.02. The summed E-state index contributed by atoms with van der Waals surface area (Å²) in [6.07, 6.45) is 2.91. The Morgan fingerprint density at radius 2 is 1.92 bits per heavy atom. The maximum absolute atomic E-state index is 11.3. The Morgan fingerprint density at radius 1 is 1.25 bits per heavy atom. The van der Waals surface area contributed by atoms with E-state index >= 15 is 0 Å². The highest BCUT2D eigenvalue weighted by Gasteiger charge is 2.26. The molecule has 1 aliphatic heterocycles. The van der Waals surface area contributed by atoms with Crippen molar-refractivity contribution in [3.63, 3.8) is 0 Å². The van der Waals surface area contributed by atoms with Crippen molar-refractivity contribution in [2.24, 2.45) is 11.7 Å². The van der Waals surface area contributed by atoms with Crippen LogP contribution < -0.4 is 21.1 Å². The smallest absolute Gasteiger partial charge is 0.222 e. The van der Waals surface area contributed by atoms with Gasteiger partial charge in [-0.1, -0.05) is 11.6 Å². The summed E-state index contributed by atoms with van der Waals surface area (Å²) in [5, 5.41) is 0.629. The molecular weight excluding hydrogens is 330 g/mol. The number of benzene rings is 1. The van der Waals surface area contributed by atoms with Crippen LogP contribution in [0.2, 0.25) is 5.02 Å². The molecule has 1 amide bonds. The Morgan fingerprint density at radius 3 is 2.54 bits per heavy atom. The number of nitrogens with two attached hydrogens (primary N) is 2. The standard InChI is InChI=1S/C16H18ClN5O2/c17-11-1-3-12(4-2-11)24-13-9-20-16(19)21-15(13)22-7-5-10(6-8-22)14(18)23/h1-4,9-10H,5-8H2,(H2,18,23)(H2,19,20,21). The number of hydrogen-bond acceptors (Lipinski definition) is 6. The Kier molecular flexibility index (Phi) is 4.71. The molecule has 1 aromatic carbocycles. The number of carbonyl (C=O) groups excluding carboxylic acids is 1. The van der Waals surface area contributed by atoms with E-state index in [4.69, 9.17) is 27.8 Å². The van der Waals surface area contributed by atoms with Gasteiger partial charge in [0.2, 0.25) is 11.9 Å². The summed E-state index contributed by atoms with van der Waals surface area (Å²) >= 11 is 5.88. The van der Waals surface area contributed by atoms with Crippen molar-refractivity contribution in [2.45, 2.75) is 12.8 Å². The van der Waals surface area contributed by atoms with Gasteiger partial charge in [0.25, 0.3) is 0 Å². The molecule has 0 bridgehead atoms. The fourth-order valence-electron chi connectivity index (χ4n) is 2.68. The first kappa shape index (κ1) is 16.3. The first-order chi connectivity index (χ1) is 11.5. The molecule has 0 atom stereocenters. The number of rotatable bonds is 4. The molecular formula is C16H18ClN5O2. The minimum absolute atomic E-state index is 0.0962. The van der Waals surface area contributed by atoms with Crippen molar-refractivity contribution < 1.29 is 9.53 Å². The largest absolute Gasteiger partial charge is 0.452 e. The van der Waals surface area contributed by atoms with E-state index in [0.717, 1.165) is 0 Å². The number of anilines is 2. The Hall–Kier alpha value is -2.54. The van der Waals surface area contributed by atoms with Gasteiger partial charge in [0.15, 0.2) is 11.6 Å². The first-order valence-electron chi connectivity index (χ1n) is 7.63. The summed E-state index contributed by atoms with van der Waals surface area (Å²) in [5.74, 6) is 1.56. The molecule has 0 saturated carbocycles. The zero-order valence-electron chi connectivity index (χ0n) is 13.0. The highest BCUT2D eigenvalue weighted by atomic mass is 35.5. The molecule has 0 spiro atoms. The maximum Gasteiger partial charge on any atom is 0.222 e. The monoisotopic (exact) mass is 347 g/mol. The fraction of sp³-hybridized carbons (Fsp3) is 0.312. The third kappa shape index (κ3) is 3.68. The van der Waals surface area contributed by atoms with Gasteiger partial charge in [0, 0.05) is 24.0 Å². The number of aromatic nitrogens is 2. The van der Waals surface area contributed by atoms with Gasteiger partial charge in [-0.15, -0.1) is 0 Å². The van der Waals surface area contributed by atoms with Crippen LogP contribution >= 0.6 is 11.6 Å². The van der Waals surface area contributed by atoms with Crippen molar-refractivity contribution in [1.29, 1.82) is 0 Å². The SMILES string of the molecule is NC(=O)C1CCN(c2nc(N)ncc2Oc2ccc(Cl)cc2)CC1. The lowest BCUT2D eigenvalue weighted by Gasteiger charge is -2.32. The lowest BCUT2D eigenvalue weighted by Crippen LogP contribution is -2.39. The van der Waals surface area contributed by atoms with E-state index < -0.39 is 0 Å². The molecule has 3 rings (SSSR count). The summed E-state index contributed by atoms with van der Waals surface area (Å²) < 4.78 is 5.87. The van der Waals surface area contributed by atoms with Gasteiger partial charge >= 0.3 is 0 Å². The molecule has 2 aromatic rings. The van der Waals surface area contributed by atoms with Crippen LogP contribution in [0.5, 0.6) is 11.5 Å². The minimum Gasteiger partial charge on any atom is -0.452 e. The van der Waals surface area contributed by atoms with Crippen LogP contribution in [-0.2, 0) is 4.79 Å². The number of carbonyl (C=O) groups is 1. The van der Waals surface area contributed by atoms with Crippen molar-refractivity contribution in [1.82, 2.24) is 9.97 Å². The van der Waals surface area contributed by atoms with Gasteiger partial charge in [-0.3, -0.25) is 4.79 Å². The van der Waals surface area contributed by atoms with Crippen LogP contribution in [0.3, 0.4) is 0 Å². The van der Waals surface area contributed by atoms with Gasteiger partial charge < -0.3 is 21.1 Å². The summed E-state index contributed by atoms with van der Waals surface area (Å²) in [4.78, 5) is 21.7. The van der Waals surface area contributed by atoms with Gasteiger partial charge in [-0.2, -0.15) is 4.98 Å². The molecule has 0 radical (unpaired) electrons. The quantitative estimate of drug-likeness (QED) is 0.877. The summed E-state index contributed by atoms with van der Waals surface area (Å²) in [5.41, 5.74) is 11.1. The van der Waals surface area contributed by atoms with Crippen LogP contribution in [0.1, 0.15) is 12.8 Å². The van der Waals surface area contributed by atoms with E-state index in [-0.39, 0.29) is 17.8 Å². The fourth-order valence-corrected chi connectivity index (χ4v) is 2.80. The average molecular weight is 348 g/mol. The maximum atomic E-state index is 11.3. The molecule has 8 heteroatoms. The highest BCUT2D eigenvalue weighted by Crippen LogP contribution is 2.33. The van der Waals surface area contributed by atoms with Crippen molar-refractivity contribution in [2.75, 3.05) is 23.7 Å². The number of nitrogens with zero attached hydrogens (tertiary/aromatic N) is 3. The number of primary amides is 1.